The van der Waals surface area contributed by atoms with E-state index in [1.807, 2.05) is 42.6 Å². The van der Waals surface area contributed by atoms with Crippen molar-refractivity contribution in [3.8, 4) is 16.5 Å². The van der Waals surface area contributed by atoms with Crippen molar-refractivity contribution < 1.29 is 14.1 Å². The smallest absolute Gasteiger partial charge is 0.249 e. The molecule has 0 spiro atoms. The van der Waals surface area contributed by atoms with Crippen molar-refractivity contribution in [2.24, 2.45) is 0 Å². The lowest BCUT2D eigenvalue weighted by Crippen LogP contribution is -2.24. The van der Waals surface area contributed by atoms with Crippen molar-refractivity contribution >= 4 is 28.6 Å². The van der Waals surface area contributed by atoms with Gasteiger partial charge >= 0.3 is 0 Å². The molecule has 1 aromatic carbocycles. The molecule has 3 aromatic rings. The van der Waals surface area contributed by atoms with Crippen LogP contribution < -0.4 is 15.0 Å². The first-order valence-electron chi connectivity index (χ1n) is 8.78. The zero-order chi connectivity index (χ0) is 18.8. The number of nitrogens with zero attached hydrogens (tertiary/aromatic N) is 3. The Morgan fingerprint density at radius 2 is 2.26 bits per heavy atom. The number of carbonyl (C=O) groups excluding carboxylic acids is 1. The number of carbonyl (C=O) groups is 1. The highest BCUT2D eigenvalue weighted by atomic mass is 32.1. The maximum atomic E-state index is 12.1. The standard InChI is InChI=1S/C19H20N4O3S/c1-12(19-21-18(22-26-19)16-5-4-10-27-16)20-13-7-8-15(25-2)14(11-13)23-9-3-6-17(23)24/h4-5,7-8,10-12,20H,3,6,9H2,1-2H3/t12-/m1/s1. The normalized spacial score (nSPS) is 15.2. The second-order valence-corrected chi connectivity index (χ2v) is 7.28. The van der Waals surface area contributed by atoms with Crippen molar-refractivity contribution in [2.75, 3.05) is 23.9 Å². The van der Waals surface area contributed by atoms with E-state index in [4.69, 9.17) is 9.26 Å². The van der Waals surface area contributed by atoms with Gasteiger partial charge in [-0.3, -0.25) is 4.79 Å². The van der Waals surface area contributed by atoms with Crippen LogP contribution in [0.1, 0.15) is 31.7 Å². The van der Waals surface area contributed by atoms with E-state index in [0.717, 1.165) is 22.7 Å². The predicted octanol–water partition coefficient (Wildman–Crippen LogP) is 4.11. The monoisotopic (exact) mass is 384 g/mol. The topological polar surface area (TPSA) is 80.5 Å². The minimum atomic E-state index is -0.179. The summed E-state index contributed by atoms with van der Waals surface area (Å²) in [5.74, 6) is 1.90. The van der Waals surface area contributed by atoms with E-state index in [-0.39, 0.29) is 11.9 Å². The molecule has 7 nitrogen and oxygen atoms in total. The first kappa shape index (κ1) is 17.5. The van der Waals surface area contributed by atoms with Gasteiger partial charge in [-0.2, -0.15) is 4.98 Å². The lowest BCUT2D eigenvalue weighted by Gasteiger charge is -2.21. The third-order valence-electron chi connectivity index (χ3n) is 4.48. The molecule has 1 saturated heterocycles. The van der Waals surface area contributed by atoms with Gasteiger partial charge in [0.25, 0.3) is 0 Å². The first-order chi connectivity index (χ1) is 13.2. The highest BCUT2D eigenvalue weighted by Gasteiger charge is 2.25. The second-order valence-electron chi connectivity index (χ2n) is 6.34. The van der Waals surface area contributed by atoms with Crippen molar-refractivity contribution in [2.45, 2.75) is 25.8 Å². The number of benzene rings is 1. The van der Waals surface area contributed by atoms with Gasteiger partial charge in [0, 0.05) is 18.7 Å². The third-order valence-corrected chi connectivity index (χ3v) is 5.35. The maximum absolute atomic E-state index is 12.1. The number of aromatic nitrogens is 2. The van der Waals surface area contributed by atoms with Crippen LogP contribution in [-0.2, 0) is 4.79 Å². The molecule has 8 heteroatoms. The zero-order valence-electron chi connectivity index (χ0n) is 15.1. The molecule has 0 unspecified atom stereocenters. The number of hydrogen-bond donors (Lipinski definition) is 1. The Bertz CT molecular complexity index is 938. The van der Waals surface area contributed by atoms with E-state index in [1.54, 1.807) is 23.3 Å². The van der Waals surface area contributed by atoms with Crippen LogP contribution in [0.15, 0.2) is 40.2 Å². The van der Waals surface area contributed by atoms with Gasteiger partial charge in [-0.1, -0.05) is 11.2 Å². The fraction of sp³-hybridized carbons (Fsp3) is 0.316. The van der Waals surface area contributed by atoms with E-state index in [9.17, 15) is 4.79 Å². The summed E-state index contributed by atoms with van der Waals surface area (Å²) < 4.78 is 10.8. The van der Waals surface area contributed by atoms with Crippen LogP contribution in [0.25, 0.3) is 10.7 Å². The lowest BCUT2D eigenvalue weighted by atomic mass is 10.2. The number of rotatable bonds is 6. The molecule has 4 rings (SSSR count). The van der Waals surface area contributed by atoms with Crippen LogP contribution >= 0.6 is 11.3 Å². The molecule has 1 amide bonds. The molecule has 1 fully saturated rings. The largest absolute Gasteiger partial charge is 0.495 e. The molecular formula is C19H20N4O3S. The van der Waals surface area contributed by atoms with Crippen molar-refractivity contribution in [1.82, 2.24) is 10.1 Å². The summed E-state index contributed by atoms with van der Waals surface area (Å²) in [5, 5.41) is 9.39. The molecule has 0 aliphatic carbocycles. The number of thiophene rings is 1. The van der Waals surface area contributed by atoms with Crippen LogP contribution in [0.2, 0.25) is 0 Å². The average Bonchev–Trinajstić information content (AvgIpc) is 3.42. The zero-order valence-corrected chi connectivity index (χ0v) is 16.0. The van der Waals surface area contributed by atoms with Crippen LogP contribution in [0.4, 0.5) is 11.4 Å². The molecule has 1 aliphatic heterocycles. The van der Waals surface area contributed by atoms with Gasteiger partial charge in [0.15, 0.2) is 0 Å². The molecule has 27 heavy (non-hydrogen) atoms. The fourth-order valence-electron chi connectivity index (χ4n) is 3.12. The highest BCUT2D eigenvalue weighted by molar-refractivity contribution is 7.13. The van der Waals surface area contributed by atoms with E-state index in [0.29, 0.717) is 30.4 Å². The first-order valence-corrected chi connectivity index (χ1v) is 9.66. The Labute approximate surface area is 161 Å². The van der Waals surface area contributed by atoms with Crippen molar-refractivity contribution in [1.29, 1.82) is 0 Å². The maximum Gasteiger partial charge on any atom is 0.249 e. The number of nitrogens with one attached hydrogen (secondary N) is 1. The van der Waals surface area contributed by atoms with Gasteiger partial charge in [-0.25, -0.2) is 0 Å². The average molecular weight is 384 g/mol. The third kappa shape index (κ3) is 3.52. The molecule has 2 aromatic heterocycles. The second kappa shape index (κ2) is 7.40. The Morgan fingerprint density at radius 1 is 1.37 bits per heavy atom. The van der Waals surface area contributed by atoms with Crippen LogP contribution in [-0.4, -0.2) is 29.7 Å². The molecule has 0 radical (unpaired) electrons. The molecule has 1 atom stereocenters. The van der Waals surface area contributed by atoms with Gasteiger partial charge in [0.2, 0.25) is 17.6 Å². The summed E-state index contributed by atoms with van der Waals surface area (Å²) in [5.41, 5.74) is 1.64. The fourth-order valence-corrected chi connectivity index (χ4v) is 3.77. The number of methoxy groups -OCH3 is 1. The molecule has 140 valence electrons. The summed E-state index contributed by atoms with van der Waals surface area (Å²) in [6.45, 7) is 2.67. The number of anilines is 2. The van der Waals surface area contributed by atoms with Crippen LogP contribution in [0, 0.1) is 0 Å². The minimum absolute atomic E-state index is 0.121. The predicted molar refractivity (Wildman–Crippen MR) is 104 cm³/mol. The summed E-state index contributed by atoms with van der Waals surface area (Å²) in [4.78, 5) is 19.3. The van der Waals surface area contributed by atoms with Gasteiger partial charge in [0.1, 0.15) is 11.8 Å². The molecule has 3 heterocycles. The summed E-state index contributed by atoms with van der Waals surface area (Å²) >= 11 is 1.57. The van der Waals surface area contributed by atoms with E-state index >= 15 is 0 Å². The number of hydrogen-bond acceptors (Lipinski definition) is 7. The molecular weight excluding hydrogens is 364 g/mol. The lowest BCUT2D eigenvalue weighted by molar-refractivity contribution is -0.117. The highest BCUT2D eigenvalue weighted by Crippen LogP contribution is 2.35. The van der Waals surface area contributed by atoms with Crippen LogP contribution in [0.3, 0.4) is 0 Å². The molecule has 1 N–H and O–H groups in total. The molecule has 0 saturated carbocycles. The minimum Gasteiger partial charge on any atom is -0.495 e. The number of ether oxygens (including phenoxy) is 1. The van der Waals surface area contributed by atoms with Crippen molar-refractivity contribution in [3.63, 3.8) is 0 Å². The van der Waals surface area contributed by atoms with Crippen LogP contribution in [0.5, 0.6) is 5.75 Å². The summed E-state index contributed by atoms with van der Waals surface area (Å²) in [7, 11) is 1.61. The molecule has 0 bridgehead atoms. The van der Waals surface area contributed by atoms with E-state index < -0.39 is 0 Å². The number of amides is 1. The van der Waals surface area contributed by atoms with Gasteiger partial charge in [0.05, 0.1) is 17.7 Å². The summed E-state index contributed by atoms with van der Waals surface area (Å²) in [6.07, 6.45) is 1.44. The Hall–Kier alpha value is -2.87. The van der Waals surface area contributed by atoms with E-state index in [1.165, 1.54) is 0 Å². The van der Waals surface area contributed by atoms with Gasteiger partial charge in [-0.15, -0.1) is 11.3 Å². The van der Waals surface area contributed by atoms with Crippen molar-refractivity contribution in [3.05, 3.63) is 41.6 Å². The Kier molecular flexibility index (Phi) is 4.81. The SMILES string of the molecule is COc1ccc(N[C@H](C)c2nc(-c3cccs3)no2)cc1N1CCCC1=O. The van der Waals surface area contributed by atoms with Gasteiger partial charge < -0.3 is 19.5 Å². The quantitative estimate of drug-likeness (QED) is 0.689. The summed E-state index contributed by atoms with van der Waals surface area (Å²) in [6, 6.07) is 9.43. The Balaban J connectivity index is 1.54. The Morgan fingerprint density at radius 3 is 2.96 bits per heavy atom. The van der Waals surface area contributed by atoms with Gasteiger partial charge in [-0.05, 0) is 43.0 Å². The van der Waals surface area contributed by atoms with E-state index in [2.05, 4.69) is 15.5 Å². The molecule has 1 aliphatic rings.